The summed E-state index contributed by atoms with van der Waals surface area (Å²) in [6, 6.07) is 2.14. The van der Waals surface area contributed by atoms with E-state index in [0.717, 1.165) is 17.7 Å². The van der Waals surface area contributed by atoms with Gasteiger partial charge in [0, 0.05) is 11.6 Å². The summed E-state index contributed by atoms with van der Waals surface area (Å²) in [6.07, 6.45) is -3.72. The van der Waals surface area contributed by atoms with Crippen molar-refractivity contribution in [3.8, 4) is 5.75 Å². The van der Waals surface area contributed by atoms with Gasteiger partial charge in [0.25, 0.3) is 5.91 Å². The molecule has 6 nitrogen and oxygen atoms in total. The summed E-state index contributed by atoms with van der Waals surface area (Å²) in [4.78, 5) is 15.2. The summed E-state index contributed by atoms with van der Waals surface area (Å²) >= 11 is 0.556. The fraction of sp³-hybridized carbons (Fsp3) is 0.231. The van der Waals surface area contributed by atoms with Crippen LogP contribution in [-0.2, 0) is 16.0 Å². The molecule has 11 heteroatoms. The standard InChI is InChI=1S/C13H11F3N2O4S2/c1-6-3-7(24(2,21)22)4-8(10(6)19)11(20)18-12-17-9(5-23-12)13(14,15)16/h3-5,19H,1-2H3,(H,17,18,20). The number of hydrogen-bond acceptors (Lipinski definition) is 6. The number of benzene rings is 1. The third kappa shape index (κ3) is 3.85. The van der Waals surface area contributed by atoms with Gasteiger partial charge in [0.15, 0.2) is 20.7 Å². The molecule has 1 amide bonds. The number of phenolic OH excluding ortho intramolecular Hbond substituents is 1. The Morgan fingerprint density at radius 1 is 1.33 bits per heavy atom. The maximum Gasteiger partial charge on any atom is 0.434 e. The van der Waals surface area contributed by atoms with Crippen molar-refractivity contribution >= 4 is 32.2 Å². The van der Waals surface area contributed by atoms with Crippen LogP contribution in [0.3, 0.4) is 0 Å². The first-order valence-electron chi connectivity index (χ1n) is 6.27. The highest BCUT2D eigenvalue weighted by Crippen LogP contribution is 2.32. The number of phenols is 1. The van der Waals surface area contributed by atoms with E-state index in [0.29, 0.717) is 11.3 Å². The molecule has 0 bridgehead atoms. The number of anilines is 1. The van der Waals surface area contributed by atoms with Gasteiger partial charge in [-0.1, -0.05) is 0 Å². The molecule has 0 saturated heterocycles. The number of aryl methyl sites for hydroxylation is 1. The number of nitrogens with zero attached hydrogens (tertiary/aromatic N) is 1. The third-order valence-electron chi connectivity index (χ3n) is 2.96. The van der Waals surface area contributed by atoms with Crippen molar-refractivity contribution in [2.24, 2.45) is 0 Å². The van der Waals surface area contributed by atoms with Gasteiger partial charge < -0.3 is 5.11 Å². The third-order valence-corrected chi connectivity index (χ3v) is 4.81. The van der Waals surface area contributed by atoms with Gasteiger partial charge in [0.1, 0.15) is 5.75 Å². The Bertz CT molecular complexity index is 904. The van der Waals surface area contributed by atoms with Crippen LogP contribution < -0.4 is 5.32 Å². The minimum Gasteiger partial charge on any atom is -0.507 e. The summed E-state index contributed by atoms with van der Waals surface area (Å²) in [5.41, 5.74) is -1.40. The van der Waals surface area contributed by atoms with Gasteiger partial charge in [-0.15, -0.1) is 11.3 Å². The van der Waals surface area contributed by atoms with E-state index in [1.54, 1.807) is 0 Å². The molecule has 0 unspecified atom stereocenters. The number of alkyl halides is 3. The molecule has 0 atom stereocenters. The number of aromatic nitrogens is 1. The first-order chi connectivity index (χ1) is 10.9. The van der Waals surface area contributed by atoms with Gasteiger partial charge in [0.05, 0.1) is 10.5 Å². The van der Waals surface area contributed by atoms with Crippen LogP contribution in [0.5, 0.6) is 5.75 Å². The van der Waals surface area contributed by atoms with Gasteiger partial charge in [-0.05, 0) is 24.6 Å². The van der Waals surface area contributed by atoms with Gasteiger partial charge in [-0.3, -0.25) is 10.1 Å². The SMILES string of the molecule is Cc1cc(S(C)(=O)=O)cc(C(=O)Nc2nc(C(F)(F)F)cs2)c1O. The zero-order valence-electron chi connectivity index (χ0n) is 12.3. The van der Waals surface area contributed by atoms with E-state index in [-0.39, 0.29) is 21.2 Å². The molecular formula is C13H11F3N2O4S2. The minimum absolute atomic E-state index is 0.137. The number of carbonyl (C=O) groups is 1. The zero-order chi connectivity index (χ0) is 18.3. The van der Waals surface area contributed by atoms with Crippen molar-refractivity contribution in [1.82, 2.24) is 4.98 Å². The average molecular weight is 380 g/mol. The van der Waals surface area contributed by atoms with Crippen LogP contribution in [-0.4, -0.2) is 30.7 Å². The van der Waals surface area contributed by atoms with Crippen LogP contribution in [0.2, 0.25) is 0 Å². The fourth-order valence-corrected chi connectivity index (χ4v) is 3.19. The predicted molar refractivity (Wildman–Crippen MR) is 81.0 cm³/mol. The number of aromatic hydroxyl groups is 1. The van der Waals surface area contributed by atoms with Gasteiger partial charge in [0.2, 0.25) is 0 Å². The van der Waals surface area contributed by atoms with Crippen LogP contribution >= 0.6 is 11.3 Å². The number of thiazole rings is 1. The lowest BCUT2D eigenvalue weighted by Crippen LogP contribution is -2.14. The fourth-order valence-electron chi connectivity index (χ4n) is 1.76. The van der Waals surface area contributed by atoms with E-state index in [9.17, 15) is 31.5 Å². The molecule has 0 spiro atoms. The van der Waals surface area contributed by atoms with E-state index >= 15 is 0 Å². The molecule has 2 aromatic rings. The molecule has 0 radical (unpaired) electrons. The molecule has 24 heavy (non-hydrogen) atoms. The van der Waals surface area contributed by atoms with E-state index in [1.165, 1.54) is 13.0 Å². The maximum atomic E-state index is 12.5. The summed E-state index contributed by atoms with van der Waals surface area (Å²) in [5, 5.41) is 12.4. The van der Waals surface area contributed by atoms with Crippen molar-refractivity contribution in [3.05, 3.63) is 34.3 Å². The van der Waals surface area contributed by atoms with Crippen LogP contribution in [0, 0.1) is 6.92 Å². The maximum absolute atomic E-state index is 12.5. The Morgan fingerprint density at radius 2 is 1.96 bits per heavy atom. The van der Waals surface area contributed by atoms with Crippen LogP contribution in [0.15, 0.2) is 22.4 Å². The van der Waals surface area contributed by atoms with Crippen molar-refractivity contribution in [3.63, 3.8) is 0 Å². The number of carbonyl (C=O) groups excluding carboxylic acids is 1. The number of halogens is 3. The normalized spacial score (nSPS) is 12.2. The summed E-state index contributed by atoms with van der Waals surface area (Å²) in [6.45, 7) is 1.39. The number of nitrogens with one attached hydrogen (secondary N) is 1. The molecule has 0 aliphatic rings. The summed E-state index contributed by atoms with van der Waals surface area (Å²) < 4.78 is 60.7. The van der Waals surface area contributed by atoms with Crippen LogP contribution in [0.4, 0.5) is 18.3 Å². The highest BCUT2D eigenvalue weighted by atomic mass is 32.2. The van der Waals surface area contributed by atoms with Gasteiger partial charge in [-0.25, -0.2) is 13.4 Å². The largest absolute Gasteiger partial charge is 0.507 e. The average Bonchev–Trinajstić information content (AvgIpc) is 2.88. The molecule has 1 heterocycles. The molecule has 0 aliphatic carbocycles. The monoisotopic (exact) mass is 380 g/mol. The number of sulfone groups is 1. The van der Waals surface area contributed by atoms with Crippen LogP contribution in [0.25, 0.3) is 0 Å². The van der Waals surface area contributed by atoms with E-state index in [2.05, 4.69) is 10.3 Å². The Hall–Kier alpha value is -2.14. The molecule has 0 fully saturated rings. The summed E-state index contributed by atoms with van der Waals surface area (Å²) in [7, 11) is -3.64. The molecule has 130 valence electrons. The lowest BCUT2D eigenvalue weighted by atomic mass is 10.1. The zero-order valence-corrected chi connectivity index (χ0v) is 13.9. The summed E-state index contributed by atoms with van der Waals surface area (Å²) in [5.74, 6) is -1.43. The quantitative estimate of drug-likeness (QED) is 0.854. The molecule has 0 aliphatic heterocycles. The smallest absolute Gasteiger partial charge is 0.434 e. The molecule has 2 rings (SSSR count). The molecule has 1 aromatic heterocycles. The topological polar surface area (TPSA) is 96.4 Å². The second kappa shape index (κ2) is 6.06. The van der Waals surface area contributed by atoms with Crippen molar-refractivity contribution in [2.75, 3.05) is 11.6 Å². The second-order valence-electron chi connectivity index (χ2n) is 4.90. The predicted octanol–water partition coefficient (Wildman–Crippen LogP) is 2.83. The highest BCUT2D eigenvalue weighted by Gasteiger charge is 2.34. The minimum atomic E-state index is -4.64. The first kappa shape index (κ1) is 18.2. The molecule has 0 saturated carbocycles. The second-order valence-corrected chi connectivity index (χ2v) is 7.77. The number of rotatable bonds is 3. The molecule has 1 aromatic carbocycles. The Labute approximate surface area is 138 Å². The molecule has 2 N–H and O–H groups in total. The van der Waals surface area contributed by atoms with E-state index < -0.39 is 33.4 Å². The number of hydrogen-bond donors (Lipinski definition) is 2. The molecular weight excluding hydrogens is 369 g/mol. The van der Waals surface area contributed by atoms with Crippen molar-refractivity contribution in [2.45, 2.75) is 18.0 Å². The first-order valence-corrected chi connectivity index (χ1v) is 9.04. The van der Waals surface area contributed by atoms with Crippen molar-refractivity contribution in [1.29, 1.82) is 0 Å². The Balaban J connectivity index is 2.36. The van der Waals surface area contributed by atoms with Gasteiger partial charge in [-0.2, -0.15) is 13.2 Å². The van der Waals surface area contributed by atoms with E-state index in [4.69, 9.17) is 0 Å². The van der Waals surface area contributed by atoms with Crippen molar-refractivity contribution < 1.29 is 31.5 Å². The van der Waals surface area contributed by atoms with E-state index in [1.807, 2.05) is 0 Å². The Morgan fingerprint density at radius 3 is 2.46 bits per heavy atom. The number of amides is 1. The van der Waals surface area contributed by atoms with Gasteiger partial charge >= 0.3 is 6.18 Å². The highest BCUT2D eigenvalue weighted by molar-refractivity contribution is 7.90. The Kier molecular flexibility index (Phi) is 4.59. The lowest BCUT2D eigenvalue weighted by Gasteiger charge is -2.09. The lowest BCUT2D eigenvalue weighted by molar-refractivity contribution is -0.140. The van der Waals surface area contributed by atoms with Crippen LogP contribution in [0.1, 0.15) is 21.6 Å².